The molecular weight excluding hydrogens is 462 g/mol. The Labute approximate surface area is 215 Å². The predicted octanol–water partition coefficient (Wildman–Crippen LogP) is 4.70. The van der Waals surface area contributed by atoms with E-state index in [4.69, 9.17) is 4.74 Å². The number of benzene rings is 3. The summed E-state index contributed by atoms with van der Waals surface area (Å²) in [4.78, 5) is 20.0. The molecule has 2 aliphatic heterocycles. The molecule has 1 amide bonds. The smallest absolute Gasteiger partial charge is 0.240 e. The molecule has 1 fully saturated rings. The summed E-state index contributed by atoms with van der Waals surface area (Å²) >= 11 is 0. The molecule has 0 spiro atoms. The first-order valence-corrected chi connectivity index (χ1v) is 12.5. The van der Waals surface area contributed by atoms with Gasteiger partial charge in [0.2, 0.25) is 5.91 Å². The molecule has 0 aliphatic carbocycles. The minimum absolute atomic E-state index is 0.0907. The van der Waals surface area contributed by atoms with Crippen LogP contribution in [0.1, 0.15) is 46.0 Å². The molecule has 1 saturated heterocycles. The number of nitriles is 1. The minimum Gasteiger partial charge on any atom is -0.456 e. The SMILES string of the molecule is Cc1cccc(C2c3cccc(c3)Oc3cc(ccc3C#N)Cn3cncc3CN[C@H]3CCN2C3=O)c1. The number of carbonyl (C=O) groups excluding carboxylic acids is 1. The van der Waals surface area contributed by atoms with Crippen LogP contribution < -0.4 is 10.1 Å². The number of nitrogens with zero attached hydrogens (tertiary/aromatic N) is 4. The lowest BCUT2D eigenvalue weighted by molar-refractivity contribution is -0.130. The van der Waals surface area contributed by atoms with Crippen molar-refractivity contribution in [3.63, 3.8) is 0 Å². The summed E-state index contributed by atoms with van der Waals surface area (Å²) in [6, 6.07) is 23.6. The monoisotopic (exact) mass is 489 g/mol. The van der Waals surface area contributed by atoms with Crippen molar-refractivity contribution in [2.45, 2.75) is 38.5 Å². The zero-order valence-electron chi connectivity index (χ0n) is 20.6. The Bertz CT molecular complexity index is 1520. The number of fused-ring (bicyclic) bond motifs is 7. The molecule has 1 aromatic heterocycles. The third-order valence-corrected chi connectivity index (χ3v) is 7.16. The van der Waals surface area contributed by atoms with E-state index < -0.39 is 0 Å². The van der Waals surface area contributed by atoms with Crippen molar-refractivity contribution in [1.82, 2.24) is 19.8 Å². The molecule has 2 aliphatic rings. The number of amides is 1. The van der Waals surface area contributed by atoms with Crippen LogP contribution in [-0.4, -0.2) is 32.9 Å². The maximum absolute atomic E-state index is 13.7. The summed E-state index contributed by atoms with van der Waals surface area (Å²) in [5.41, 5.74) is 5.63. The van der Waals surface area contributed by atoms with Gasteiger partial charge >= 0.3 is 0 Å². The van der Waals surface area contributed by atoms with Crippen molar-refractivity contribution >= 4 is 5.91 Å². The number of nitrogens with one attached hydrogen (secondary N) is 1. The van der Waals surface area contributed by atoms with Gasteiger partial charge in [-0.15, -0.1) is 0 Å². The van der Waals surface area contributed by atoms with E-state index in [1.807, 2.05) is 53.6 Å². The molecule has 3 heterocycles. The summed E-state index contributed by atoms with van der Waals surface area (Å²) in [6.45, 7) is 3.83. The molecule has 0 radical (unpaired) electrons. The lowest BCUT2D eigenvalue weighted by Gasteiger charge is -2.30. The molecule has 37 heavy (non-hydrogen) atoms. The Morgan fingerprint density at radius 2 is 1.92 bits per heavy atom. The lowest BCUT2D eigenvalue weighted by Crippen LogP contribution is -2.40. The van der Waals surface area contributed by atoms with Crippen LogP contribution in [0.15, 0.2) is 79.3 Å². The van der Waals surface area contributed by atoms with Crippen molar-refractivity contribution in [3.8, 4) is 17.6 Å². The van der Waals surface area contributed by atoms with Crippen LogP contribution in [0.25, 0.3) is 0 Å². The minimum atomic E-state index is -0.260. The Hall–Kier alpha value is -4.41. The maximum atomic E-state index is 13.7. The van der Waals surface area contributed by atoms with Gasteiger partial charge in [0.1, 0.15) is 17.6 Å². The molecule has 2 atom stereocenters. The van der Waals surface area contributed by atoms with Gasteiger partial charge in [-0.05, 0) is 54.3 Å². The fourth-order valence-electron chi connectivity index (χ4n) is 5.32. The molecule has 0 saturated carbocycles. The van der Waals surface area contributed by atoms with E-state index >= 15 is 0 Å². The quantitative estimate of drug-likeness (QED) is 0.419. The largest absolute Gasteiger partial charge is 0.456 e. The van der Waals surface area contributed by atoms with Gasteiger partial charge in [-0.2, -0.15) is 5.26 Å². The van der Waals surface area contributed by atoms with Gasteiger partial charge in [0.25, 0.3) is 0 Å². The van der Waals surface area contributed by atoms with Gasteiger partial charge in [-0.25, -0.2) is 4.98 Å². The molecular formula is C30H27N5O2. The van der Waals surface area contributed by atoms with E-state index in [0.717, 1.165) is 34.4 Å². The number of rotatable bonds is 1. The van der Waals surface area contributed by atoms with Crippen molar-refractivity contribution in [2.75, 3.05) is 6.54 Å². The lowest BCUT2D eigenvalue weighted by atomic mass is 9.95. The fraction of sp³-hybridized carbons (Fsp3) is 0.233. The van der Waals surface area contributed by atoms with Crippen LogP contribution in [0.5, 0.6) is 11.5 Å². The van der Waals surface area contributed by atoms with E-state index in [9.17, 15) is 10.1 Å². The second kappa shape index (κ2) is 9.57. The molecule has 184 valence electrons. The summed E-state index contributed by atoms with van der Waals surface area (Å²) in [5.74, 6) is 1.22. The molecule has 1 unspecified atom stereocenters. The highest BCUT2D eigenvalue weighted by atomic mass is 16.5. The highest BCUT2D eigenvalue weighted by molar-refractivity contribution is 5.85. The topological polar surface area (TPSA) is 83.2 Å². The van der Waals surface area contributed by atoms with Crippen molar-refractivity contribution in [1.29, 1.82) is 5.26 Å². The van der Waals surface area contributed by atoms with Crippen LogP contribution in [0.2, 0.25) is 0 Å². The molecule has 3 aromatic carbocycles. The molecule has 6 bridgehead atoms. The van der Waals surface area contributed by atoms with Crippen LogP contribution in [-0.2, 0) is 17.9 Å². The third kappa shape index (κ3) is 4.48. The number of carbonyl (C=O) groups is 1. The Kier molecular flexibility index (Phi) is 5.95. The first kappa shape index (κ1) is 23.0. The summed E-state index contributed by atoms with van der Waals surface area (Å²) in [5, 5.41) is 13.2. The van der Waals surface area contributed by atoms with E-state index in [2.05, 4.69) is 46.1 Å². The zero-order chi connectivity index (χ0) is 25.4. The van der Waals surface area contributed by atoms with Crippen LogP contribution in [0.3, 0.4) is 0 Å². The highest BCUT2D eigenvalue weighted by Crippen LogP contribution is 2.36. The van der Waals surface area contributed by atoms with Gasteiger partial charge in [-0.1, -0.05) is 48.0 Å². The Morgan fingerprint density at radius 1 is 1.08 bits per heavy atom. The van der Waals surface area contributed by atoms with E-state index in [-0.39, 0.29) is 18.0 Å². The van der Waals surface area contributed by atoms with Gasteiger partial charge in [-0.3, -0.25) is 4.79 Å². The fourth-order valence-corrected chi connectivity index (χ4v) is 5.32. The van der Waals surface area contributed by atoms with Gasteiger partial charge in [0, 0.05) is 25.8 Å². The van der Waals surface area contributed by atoms with Crippen LogP contribution in [0, 0.1) is 18.3 Å². The maximum Gasteiger partial charge on any atom is 0.240 e. The van der Waals surface area contributed by atoms with Gasteiger partial charge in [0.05, 0.1) is 29.7 Å². The summed E-state index contributed by atoms with van der Waals surface area (Å²) in [6.07, 6.45) is 4.35. The van der Waals surface area contributed by atoms with Crippen LogP contribution >= 0.6 is 0 Å². The summed E-state index contributed by atoms with van der Waals surface area (Å²) in [7, 11) is 0. The molecule has 7 nitrogen and oxygen atoms in total. The zero-order valence-corrected chi connectivity index (χ0v) is 20.6. The molecule has 1 N–H and O–H groups in total. The molecule has 7 heteroatoms. The van der Waals surface area contributed by atoms with Crippen molar-refractivity contribution in [3.05, 3.63) is 113 Å². The predicted molar refractivity (Wildman–Crippen MR) is 139 cm³/mol. The second-order valence-corrected chi connectivity index (χ2v) is 9.70. The number of imidazole rings is 1. The normalized spacial score (nSPS) is 19.1. The Balaban J connectivity index is 1.48. The highest BCUT2D eigenvalue weighted by Gasteiger charge is 2.37. The average molecular weight is 490 g/mol. The average Bonchev–Trinajstić information content (AvgIpc) is 3.49. The first-order valence-electron chi connectivity index (χ1n) is 12.5. The molecule has 4 aromatic rings. The van der Waals surface area contributed by atoms with Gasteiger partial charge in [0.15, 0.2) is 0 Å². The molecule has 6 rings (SSSR count). The Morgan fingerprint density at radius 3 is 2.76 bits per heavy atom. The third-order valence-electron chi connectivity index (χ3n) is 7.16. The number of ether oxygens (including phenoxy) is 1. The first-order chi connectivity index (χ1) is 18.1. The van der Waals surface area contributed by atoms with E-state index in [1.54, 1.807) is 12.4 Å². The second-order valence-electron chi connectivity index (χ2n) is 9.70. The van der Waals surface area contributed by atoms with E-state index in [0.29, 0.717) is 36.7 Å². The van der Waals surface area contributed by atoms with Gasteiger partial charge < -0.3 is 19.5 Å². The van der Waals surface area contributed by atoms with Crippen LogP contribution in [0.4, 0.5) is 0 Å². The van der Waals surface area contributed by atoms with Crippen molar-refractivity contribution < 1.29 is 9.53 Å². The number of aryl methyl sites for hydroxylation is 1. The van der Waals surface area contributed by atoms with Crippen molar-refractivity contribution in [2.24, 2.45) is 0 Å². The van der Waals surface area contributed by atoms with E-state index in [1.165, 1.54) is 0 Å². The number of hydrogen-bond acceptors (Lipinski definition) is 5. The standard InChI is InChI=1S/C30H27N5O2/c1-20-4-2-5-22(12-20)29-23-6-3-7-26(14-23)37-28-13-21(8-9-24(28)15-31)18-34-19-32-16-25(34)17-33-27-10-11-35(29)30(27)36/h2-9,12-14,16,19,27,29,33H,10-11,17-18H2,1H3/t27-,29?/m0/s1. The summed E-state index contributed by atoms with van der Waals surface area (Å²) < 4.78 is 8.36. The number of hydrogen-bond donors (Lipinski definition) is 1. The number of aromatic nitrogens is 2.